The minimum absolute atomic E-state index is 0.421. The molecule has 0 aliphatic carbocycles. The van der Waals surface area contributed by atoms with Gasteiger partial charge in [-0.3, -0.25) is 9.59 Å². The average molecular weight is 420 g/mol. The number of rotatable bonds is 3. The number of amides is 2. The Kier molecular flexibility index (Phi) is 4.75. The van der Waals surface area contributed by atoms with Gasteiger partial charge in [0.05, 0.1) is 11.4 Å². The Bertz CT molecular complexity index is 1400. The molecule has 0 aliphatic rings. The zero-order chi connectivity index (χ0) is 22.2. The van der Waals surface area contributed by atoms with Crippen molar-refractivity contribution in [3.05, 3.63) is 107 Å². The van der Waals surface area contributed by atoms with E-state index in [1.165, 1.54) is 4.79 Å². The van der Waals surface area contributed by atoms with Crippen LogP contribution in [0.3, 0.4) is 0 Å². The van der Waals surface area contributed by atoms with Crippen LogP contribution in [-0.2, 0) is 0 Å². The first-order chi connectivity index (χ1) is 15.6. The summed E-state index contributed by atoms with van der Waals surface area (Å²) in [5.41, 5.74) is 2.10. The normalized spacial score (nSPS) is 11.1. The number of nitrogens with zero attached hydrogens (tertiary/aromatic N) is 4. The van der Waals surface area contributed by atoms with Crippen LogP contribution in [0.15, 0.2) is 84.9 Å². The monoisotopic (exact) mass is 420 g/mol. The fourth-order valence-corrected chi connectivity index (χ4v) is 3.90. The van der Waals surface area contributed by atoms with E-state index >= 15 is 0 Å². The number of hydrogen-bond acceptors (Lipinski definition) is 4. The highest BCUT2D eigenvalue weighted by Crippen LogP contribution is 2.24. The van der Waals surface area contributed by atoms with Crippen LogP contribution in [0.5, 0.6) is 0 Å². The predicted octanol–water partition coefficient (Wildman–Crippen LogP) is 4.82. The fraction of sp³-hybridized carbons (Fsp3) is 0.0769. The number of benzene rings is 4. The van der Waals surface area contributed by atoms with Gasteiger partial charge in [-0.1, -0.05) is 72.8 Å². The summed E-state index contributed by atoms with van der Waals surface area (Å²) < 4.78 is 0. The number of aromatic nitrogens is 3. The highest BCUT2D eigenvalue weighted by molar-refractivity contribution is 6.26. The zero-order valence-corrected chi connectivity index (χ0v) is 17.7. The van der Waals surface area contributed by atoms with Crippen LogP contribution in [0.4, 0.5) is 0 Å². The molecule has 1 aromatic heterocycles. The van der Waals surface area contributed by atoms with Gasteiger partial charge in [0.15, 0.2) is 0 Å². The summed E-state index contributed by atoms with van der Waals surface area (Å²) in [5.74, 6) is -0.930. The topological polar surface area (TPSA) is 68.1 Å². The predicted molar refractivity (Wildman–Crippen MR) is 124 cm³/mol. The maximum Gasteiger partial charge on any atom is 0.282 e. The van der Waals surface area contributed by atoms with Gasteiger partial charge in [-0.15, -0.1) is 9.89 Å². The van der Waals surface area contributed by atoms with Crippen molar-refractivity contribution in [2.75, 3.05) is 5.01 Å². The fourth-order valence-electron chi connectivity index (χ4n) is 3.90. The van der Waals surface area contributed by atoms with Crippen molar-refractivity contribution in [1.29, 1.82) is 0 Å². The lowest BCUT2D eigenvalue weighted by atomic mass is 10.0. The van der Waals surface area contributed by atoms with E-state index in [0.717, 1.165) is 26.6 Å². The summed E-state index contributed by atoms with van der Waals surface area (Å²) in [6.07, 6.45) is 0. The Balaban J connectivity index is 1.72. The Morgan fingerprint density at radius 2 is 1.16 bits per heavy atom. The number of carbonyl (C=O) groups is 2. The summed E-state index contributed by atoms with van der Waals surface area (Å²) in [6.45, 7) is 3.58. The van der Waals surface area contributed by atoms with Crippen LogP contribution < -0.4 is 5.01 Å². The summed E-state index contributed by atoms with van der Waals surface area (Å²) in [4.78, 5) is 29.1. The van der Waals surface area contributed by atoms with Gasteiger partial charge in [-0.05, 0) is 52.7 Å². The number of imide groups is 1. The molecule has 0 saturated heterocycles. The van der Waals surface area contributed by atoms with Crippen molar-refractivity contribution >= 4 is 33.4 Å². The second-order valence-corrected chi connectivity index (χ2v) is 7.63. The SMILES string of the molecule is Cc1nnn(N(C(=O)c2cccc3ccccc23)C(=O)c2cccc3ccccc23)c1C. The number of fused-ring (bicyclic) bond motifs is 2. The maximum atomic E-state index is 13.9. The van der Waals surface area contributed by atoms with Gasteiger partial charge in [0, 0.05) is 11.1 Å². The highest BCUT2D eigenvalue weighted by Gasteiger charge is 2.30. The van der Waals surface area contributed by atoms with Crippen LogP contribution in [0, 0.1) is 13.8 Å². The first kappa shape index (κ1) is 19.6. The molecule has 1 heterocycles. The standard InChI is InChI=1S/C26H20N4O2/c1-17-18(2)30(28-27-17)29(25(31)23-15-7-11-19-9-3-5-13-21(19)23)26(32)24-16-8-12-20-10-4-6-14-22(20)24/h3-16H,1-2H3. The van der Waals surface area contributed by atoms with Gasteiger partial charge in [0.2, 0.25) is 0 Å². The molecule has 2 amide bonds. The Morgan fingerprint density at radius 1 is 0.688 bits per heavy atom. The van der Waals surface area contributed by atoms with E-state index in [-0.39, 0.29) is 0 Å². The molecule has 0 N–H and O–H groups in total. The molecule has 0 spiro atoms. The maximum absolute atomic E-state index is 13.9. The molecule has 0 atom stereocenters. The quantitative estimate of drug-likeness (QED) is 0.393. The third kappa shape index (κ3) is 3.13. The van der Waals surface area contributed by atoms with Gasteiger partial charge in [-0.25, -0.2) is 0 Å². The molecule has 5 aromatic rings. The smallest absolute Gasteiger partial charge is 0.267 e. The largest absolute Gasteiger partial charge is 0.282 e. The van der Waals surface area contributed by atoms with Gasteiger partial charge in [-0.2, -0.15) is 5.01 Å². The number of hydrogen-bond donors (Lipinski definition) is 0. The average Bonchev–Trinajstić information content (AvgIpc) is 3.16. The third-order valence-electron chi connectivity index (χ3n) is 5.72. The molecule has 0 aliphatic heterocycles. The first-order valence-corrected chi connectivity index (χ1v) is 10.3. The van der Waals surface area contributed by atoms with E-state index in [1.54, 1.807) is 26.0 Å². The van der Waals surface area contributed by atoms with Crippen molar-refractivity contribution in [2.24, 2.45) is 0 Å². The molecule has 5 rings (SSSR count). The van der Waals surface area contributed by atoms with Gasteiger partial charge >= 0.3 is 0 Å². The lowest BCUT2D eigenvalue weighted by Gasteiger charge is -2.22. The van der Waals surface area contributed by atoms with E-state index in [1.807, 2.05) is 72.8 Å². The minimum atomic E-state index is -0.465. The van der Waals surface area contributed by atoms with E-state index in [2.05, 4.69) is 10.3 Å². The van der Waals surface area contributed by atoms with E-state index in [9.17, 15) is 9.59 Å². The molecule has 0 bridgehead atoms. The Morgan fingerprint density at radius 3 is 1.62 bits per heavy atom. The van der Waals surface area contributed by atoms with Crippen molar-refractivity contribution in [3.8, 4) is 0 Å². The molecule has 4 aromatic carbocycles. The summed E-state index contributed by atoms with van der Waals surface area (Å²) in [7, 11) is 0. The first-order valence-electron chi connectivity index (χ1n) is 10.3. The van der Waals surface area contributed by atoms with Crippen LogP contribution >= 0.6 is 0 Å². The molecular formula is C26H20N4O2. The van der Waals surface area contributed by atoms with Gasteiger partial charge in [0.25, 0.3) is 11.8 Å². The van der Waals surface area contributed by atoms with Crippen LogP contribution in [0.1, 0.15) is 32.1 Å². The van der Waals surface area contributed by atoms with Gasteiger partial charge < -0.3 is 0 Å². The van der Waals surface area contributed by atoms with Crippen molar-refractivity contribution < 1.29 is 9.59 Å². The molecular weight excluding hydrogens is 400 g/mol. The van der Waals surface area contributed by atoms with E-state index < -0.39 is 11.8 Å². The molecule has 6 heteroatoms. The van der Waals surface area contributed by atoms with Gasteiger partial charge in [0.1, 0.15) is 0 Å². The van der Waals surface area contributed by atoms with Crippen molar-refractivity contribution in [1.82, 2.24) is 15.1 Å². The Hall–Kier alpha value is -4.32. The molecule has 0 saturated carbocycles. The molecule has 0 radical (unpaired) electrons. The van der Waals surface area contributed by atoms with E-state index in [4.69, 9.17) is 0 Å². The molecule has 0 unspecified atom stereocenters. The second-order valence-electron chi connectivity index (χ2n) is 7.63. The number of aryl methyl sites for hydroxylation is 1. The van der Waals surface area contributed by atoms with Crippen LogP contribution in [0.2, 0.25) is 0 Å². The zero-order valence-electron chi connectivity index (χ0n) is 17.7. The lowest BCUT2D eigenvalue weighted by Crippen LogP contribution is -2.47. The number of carbonyl (C=O) groups excluding carboxylic acids is 2. The van der Waals surface area contributed by atoms with E-state index in [0.29, 0.717) is 22.5 Å². The van der Waals surface area contributed by atoms with Crippen molar-refractivity contribution in [3.63, 3.8) is 0 Å². The lowest BCUT2D eigenvalue weighted by molar-refractivity contribution is 0.0848. The molecule has 32 heavy (non-hydrogen) atoms. The minimum Gasteiger partial charge on any atom is -0.267 e. The van der Waals surface area contributed by atoms with Crippen molar-refractivity contribution in [2.45, 2.75) is 13.8 Å². The Labute approximate surface area is 184 Å². The second kappa shape index (κ2) is 7.74. The van der Waals surface area contributed by atoms with Crippen LogP contribution in [0.25, 0.3) is 21.5 Å². The third-order valence-corrected chi connectivity index (χ3v) is 5.72. The molecule has 0 fully saturated rings. The highest BCUT2D eigenvalue weighted by atomic mass is 16.2. The van der Waals surface area contributed by atoms with Crippen LogP contribution in [-0.4, -0.2) is 26.9 Å². The summed E-state index contributed by atoms with van der Waals surface area (Å²) in [6, 6.07) is 26.2. The summed E-state index contributed by atoms with van der Waals surface area (Å²) in [5, 5.41) is 12.7. The molecule has 156 valence electrons. The molecule has 6 nitrogen and oxygen atoms in total. The summed E-state index contributed by atoms with van der Waals surface area (Å²) >= 11 is 0.